The van der Waals surface area contributed by atoms with Crippen molar-refractivity contribution in [2.24, 2.45) is 0 Å². The van der Waals surface area contributed by atoms with E-state index in [4.69, 9.17) is 0 Å². The highest BCUT2D eigenvalue weighted by atomic mass is 32.2. The average Bonchev–Trinajstić information content (AvgIpc) is 3.17. The van der Waals surface area contributed by atoms with Gasteiger partial charge in [-0.1, -0.05) is 12.1 Å². The predicted molar refractivity (Wildman–Crippen MR) is 109 cm³/mol. The van der Waals surface area contributed by atoms with E-state index in [0.29, 0.717) is 36.6 Å². The Hall–Kier alpha value is -2.18. The highest BCUT2D eigenvalue weighted by molar-refractivity contribution is 7.89. The van der Waals surface area contributed by atoms with E-state index in [1.165, 1.54) is 9.87 Å². The molecular weight excluding hydrogens is 372 g/mol. The Kier molecular flexibility index (Phi) is 5.02. The number of amides is 1. The zero-order chi connectivity index (χ0) is 19.9. The molecule has 2 aliphatic rings. The summed E-state index contributed by atoms with van der Waals surface area (Å²) in [5.74, 6) is -0.0299. The van der Waals surface area contributed by atoms with Gasteiger partial charge in [-0.25, -0.2) is 8.42 Å². The number of fused-ring (bicyclic) bond motifs is 1. The van der Waals surface area contributed by atoms with E-state index < -0.39 is 10.0 Å². The quantitative estimate of drug-likeness (QED) is 0.799. The van der Waals surface area contributed by atoms with E-state index in [2.05, 4.69) is 0 Å². The Morgan fingerprint density at radius 1 is 0.857 bits per heavy atom. The van der Waals surface area contributed by atoms with Crippen molar-refractivity contribution < 1.29 is 13.2 Å². The van der Waals surface area contributed by atoms with Crippen LogP contribution in [0, 0.1) is 13.8 Å². The van der Waals surface area contributed by atoms with Crippen molar-refractivity contribution in [2.45, 2.75) is 38.0 Å². The van der Waals surface area contributed by atoms with Gasteiger partial charge < -0.3 is 4.90 Å². The molecule has 6 heteroatoms. The van der Waals surface area contributed by atoms with Crippen molar-refractivity contribution in [1.82, 2.24) is 9.21 Å². The number of benzene rings is 2. The van der Waals surface area contributed by atoms with Crippen LogP contribution in [0.2, 0.25) is 0 Å². The zero-order valence-corrected chi connectivity index (χ0v) is 17.3. The van der Waals surface area contributed by atoms with Crippen LogP contribution in [0.15, 0.2) is 41.3 Å². The maximum atomic E-state index is 13.0. The molecule has 2 aromatic carbocycles. The summed E-state index contributed by atoms with van der Waals surface area (Å²) in [7, 11) is -3.51. The van der Waals surface area contributed by atoms with Crippen LogP contribution in [-0.2, 0) is 22.9 Å². The van der Waals surface area contributed by atoms with Gasteiger partial charge in [0.05, 0.1) is 4.90 Å². The number of hydrogen-bond donors (Lipinski definition) is 0. The summed E-state index contributed by atoms with van der Waals surface area (Å²) in [5.41, 5.74) is 5.33. The lowest BCUT2D eigenvalue weighted by Crippen LogP contribution is -2.50. The van der Waals surface area contributed by atoms with Crippen molar-refractivity contribution in [2.75, 3.05) is 26.2 Å². The zero-order valence-electron chi connectivity index (χ0n) is 16.4. The minimum absolute atomic E-state index is 0.0299. The number of carbonyl (C=O) groups excluding carboxylic acids is 1. The molecular formula is C22H26N2O3S. The SMILES string of the molecule is Cc1ccc(C(=O)N2CCN(S(=O)(=O)c3ccc4c(c3)CCC4)CC2)cc1C. The molecule has 1 heterocycles. The molecule has 0 saturated carbocycles. The Morgan fingerprint density at radius 3 is 2.29 bits per heavy atom. The van der Waals surface area contributed by atoms with Crippen molar-refractivity contribution in [3.05, 3.63) is 64.2 Å². The normalized spacial score (nSPS) is 17.6. The fourth-order valence-corrected chi connectivity index (χ4v) is 5.52. The Bertz CT molecular complexity index is 1020. The molecule has 0 aromatic heterocycles. The van der Waals surface area contributed by atoms with Gasteiger partial charge in [-0.2, -0.15) is 4.31 Å². The molecule has 1 fully saturated rings. The lowest BCUT2D eigenvalue weighted by Gasteiger charge is -2.34. The molecule has 1 aliphatic carbocycles. The summed E-state index contributed by atoms with van der Waals surface area (Å²) in [6, 6.07) is 11.2. The van der Waals surface area contributed by atoms with Gasteiger partial charge in [-0.15, -0.1) is 0 Å². The molecule has 5 nitrogen and oxygen atoms in total. The molecule has 148 valence electrons. The summed E-state index contributed by atoms with van der Waals surface area (Å²) >= 11 is 0. The molecule has 0 atom stereocenters. The standard InChI is InChI=1S/C22H26N2O3S/c1-16-6-7-20(14-17(16)2)22(25)23-10-12-24(13-11-23)28(26,27)21-9-8-18-4-3-5-19(18)15-21/h6-9,14-15H,3-5,10-13H2,1-2H3. The molecule has 1 amide bonds. The highest BCUT2D eigenvalue weighted by Crippen LogP contribution is 2.27. The topological polar surface area (TPSA) is 57.7 Å². The van der Waals surface area contributed by atoms with E-state index in [1.54, 1.807) is 11.0 Å². The van der Waals surface area contributed by atoms with Crippen molar-refractivity contribution in [1.29, 1.82) is 0 Å². The lowest BCUT2D eigenvalue weighted by molar-refractivity contribution is 0.0698. The van der Waals surface area contributed by atoms with Gasteiger partial charge >= 0.3 is 0 Å². The molecule has 4 rings (SSSR count). The lowest BCUT2D eigenvalue weighted by atomic mass is 10.1. The van der Waals surface area contributed by atoms with Gasteiger partial charge in [-0.05, 0) is 79.6 Å². The van der Waals surface area contributed by atoms with E-state index in [1.807, 2.05) is 44.2 Å². The van der Waals surface area contributed by atoms with Crippen molar-refractivity contribution >= 4 is 15.9 Å². The van der Waals surface area contributed by atoms with Gasteiger partial charge in [0.2, 0.25) is 10.0 Å². The summed E-state index contributed by atoms with van der Waals surface area (Å²) in [5, 5.41) is 0. The van der Waals surface area contributed by atoms with Crippen LogP contribution in [0.3, 0.4) is 0 Å². The van der Waals surface area contributed by atoms with Crippen molar-refractivity contribution in [3.8, 4) is 0 Å². The van der Waals surface area contributed by atoms with Crippen LogP contribution < -0.4 is 0 Å². The van der Waals surface area contributed by atoms with Crippen LogP contribution in [0.4, 0.5) is 0 Å². The third-order valence-electron chi connectivity index (χ3n) is 5.99. The van der Waals surface area contributed by atoms with E-state index in [-0.39, 0.29) is 5.91 Å². The first-order chi connectivity index (χ1) is 13.4. The Labute approximate surface area is 167 Å². The van der Waals surface area contributed by atoms with Gasteiger partial charge in [0.1, 0.15) is 0 Å². The van der Waals surface area contributed by atoms with Crippen LogP contribution in [0.1, 0.15) is 39.0 Å². The van der Waals surface area contributed by atoms with E-state index in [9.17, 15) is 13.2 Å². The highest BCUT2D eigenvalue weighted by Gasteiger charge is 2.31. The molecule has 0 spiro atoms. The minimum atomic E-state index is -3.51. The summed E-state index contributed by atoms with van der Waals surface area (Å²) in [6.45, 7) is 5.50. The fourth-order valence-electron chi connectivity index (χ4n) is 4.05. The summed E-state index contributed by atoms with van der Waals surface area (Å²) < 4.78 is 27.6. The first kappa shape index (κ1) is 19.2. The number of carbonyl (C=O) groups is 1. The first-order valence-corrected chi connectivity index (χ1v) is 11.3. The van der Waals surface area contributed by atoms with Gasteiger partial charge in [0.15, 0.2) is 0 Å². The minimum Gasteiger partial charge on any atom is -0.336 e. The predicted octanol–water partition coefficient (Wildman–Crippen LogP) is 2.94. The second kappa shape index (κ2) is 7.33. The van der Waals surface area contributed by atoms with E-state index in [0.717, 1.165) is 36.0 Å². The van der Waals surface area contributed by atoms with Gasteiger partial charge in [0.25, 0.3) is 5.91 Å². The third kappa shape index (κ3) is 3.47. The average molecular weight is 399 g/mol. The van der Waals surface area contributed by atoms with Gasteiger partial charge in [0, 0.05) is 31.7 Å². The second-order valence-corrected chi connectivity index (χ2v) is 9.72. The largest absolute Gasteiger partial charge is 0.336 e. The molecule has 1 aliphatic heterocycles. The van der Waals surface area contributed by atoms with Crippen LogP contribution in [0.5, 0.6) is 0 Å². The number of aryl methyl sites for hydroxylation is 4. The third-order valence-corrected chi connectivity index (χ3v) is 7.88. The number of hydrogen-bond acceptors (Lipinski definition) is 3. The first-order valence-electron chi connectivity index (χ1n) is 9.85. The molecule has 0 bridgehead atoms. The smallest absolute Gasteiger partial charge is 0.253 e. The van der Waals surface area contributed by atoms with Gasteiger partial charge in [-0.3, -0.25) is 4.79 Å². The molecule has 0 N–H and O–H groups in total. The molecule has 0 unspecified atom stereocenters. The van der Waals surface area contributed by atoms with Crippen LogP contribution >= 0.6 is 0 Å². The van der Waals surface area contributed by atoms with Crippen LogP contribution in [0.25, 0.3) is 0 Å². The van der Waals surface area contributed by atoms with E-state index >= 15 is 0 Å². The number of sulfonamides is 1. The number of piperazine rings is 1. The summed E-state index contributed by atoms with van der Waals surface area (Å²) in [6.07, 6.45) is 3.09. The molecule has 1 saturated heterocycles. The number of rotatable bonds is 3. The number of nitrogens with zero attached hydrogens (tertiary/aromatic N) is 2. The second-order valence-electron chi connectivity index (χ2n) is 7.78. The Balaban J connectivity index is 1.46. The summed E-state index contributed by atoms with van der Waals surface area (Å²) in [4.78, 5) is 14.9. The Morgan fingerprint density at radius 2 is 1.57 bits per heavy atom. The molecule has 0 radical (unpaired) electrons. The maximum Gasteiger partial charge on any atom is 0.253 e. The van der Waals surface area contributed by atoms with Crippen LogP contribution in [-0.4, -0.2) is 49.7 Å². The maximum absolute atomic E-state index is 13.0. The van der Waals surface area contributed by atoms with Crippen molar-refractivity contribution in [3.63, 3.8) is 0 Å². The molecule has 28 heavy (non-hydrogen) atoms. The fraction of sp³-hybridized carbons (Fsp3) is 0.409. The monoisotopic (exact) mass is 398 g/mol. The molecule has 2 aromatic rings.